The molecule has 0 radical (unpaired) electrons. The summed E-state index contributed by atoms with van der Waals surface area (Å²) in [4.78, 5) is 8.03. The summed E-state index contributed by atoms with van der Waals surface area (Å²) in [5.41, 5.74) is 0.396. The number of pyridine rings is 1. The predicted octanol–water partition coefficient (Wildman–Crippen LogP) is 1.74. The maximum absolute atomic E-state index is 9.42. The molecule has 0 aliphatic carbocycles. The Balaban J connectivity index is 2.67. The van der Waals surface area contributed by atoms with Crippen LogP contribution in [0.5, 0.6) is 5.75 Å². The smallest absolute Gasteiger partial charge is 0.142 e. The van der Waals surface area contributed by atoms with E-state index < -0.39 is 6.10 Å². The van der Waals surface area contributed by atoms with Crippen LogP contribution in [0.2, 0.25) is 0 Å². The SMILES string of the molecule is CCC(O)C/N=C/c1nc(Br)ccc1O. The monoisotopic (exact) mass is 272 g/mol. The van der Waals surface area contributed by atoms with Crippen LogP contribution in [0.3, 0.4) is 0 Å². The molecule has 0 aromatic carbocycles. The highest BCUT2D eigenvalue weighted by Gasteiger charge is 2.01. The molecule has 2 N–H and O–H groups in total. The number of aromatic hydroxyl groups is 1. The number of aromatic nitrogens is 1. The van der Waals surface area contributed by atoms with Gasteiger partial charge < -0.3 is 10.2 Å². The van der Waals surface area contributed by atoms with Gasteiger partial charge in [0.2, 0.25) is 0 Å². The number of hydrogen-bond donors (Lipinski definition) is 2. The van der Waals surface area contributed by atoms with E-state index in [1.807, 2.05) is 6.92 Å². The highest BCUT2D eigenvalue weighted by atomic mass is 79.9. The Kier molecular flexibility index (Phi) is 4.71. The van der Waals surface area contributed by atoms with Crippen molar-refractivity contribution in [3.05, 3.63) is 22.4 Å². The van der Waals surface area contributed by atoms with Gasteiger partial charge in [0.25, 0.3) is 0 Å². The van der Waals surface area contributed by atoms with Crippen molar-refractivity contribution >= 4 is 22.1 Å². The number of halogens is 1. The highest BCUT2D eigenvalue weighted by Crippen LogP contribution is 2.15. The lowest BCUT2D eigenvalue weighted by molar-refractivity contribution is 0.179. The third-order valence-corrected chi connectivity index (χ3v) is 2.31. The fourth-order valence-electron chi connectivity index (χ4n) is 0.928. The quantitative estimate of drug-likeness (QED) is 0.648. The Morgan fingerprint density at radius 3 is 3.00 bits per heavy atom. The Morgan fingerprint density at radius 1 is 1.60 bits per heavy atom. The van der Waals surface area contributed by atoms with Gasteiger partial charge >= 0.3 is 0 Å². The molecule has 0 saturated carbocycles. The van der Waals surface area contributed by atoms with Crippen LogP contribution in [0.25, 0.3) is 0 Å². The Bertz CT molecular complexity index is 355. The largest absolute Gasteiger partial charge is 0.506 e. The number of nitrogens with zero attached hydrogens (tertiary/aromatic N) is 2. The van der Waals surface area contributed by atoms with Gasteiger partial charge in [-0.15, -0.1) is 0 Å². The lowest BCUT2D eigenvalue weighted by Gasteiger charge is -2.02. The zero-order valence-electron chi connectivity index (χ0n) is 8.39. The van der Waals surface area contributed by atoms with Crippen LogP contribution >= 0.6 is 15.9 Å². The van der Waals surface area contributed by atoms with E-state index in [0.717, 1.165) is 0 Å². The zero-order chi connectivity index (χ0) is 11.3. The summed E-state index contributed by atoms with van der Waals surface area (Å²) in [6.45, 7) is 2.21. The van der Waals surface area contributed by atoms with Crippen molar-refractivity contribution in [2.75, 3.05) is 6.54 Å². The predicted molar refractivity (Wildman–Crippen MR) is 62.4 cm³/mol. The number of aliphatic imine (C=N–C) groups is 1. The molecule has 0 aliphatic rings. The highest BCUT2D eigenvalue weighted by molar-refractivity contribution is 9.10. The van der Waals surface area contributed by atoms with E-state index in [4.69, 9.17) is 0 Å². The molecule has 15 heavy (non-hydrogen) atoms. The first kappa shape index (κ1) is 12.1. The van der Waals surface area contributed by atoms with Crippen molar-refractivity contribution < 1.29 is 10.2 Å². The molecule has 0 bridgehead atoms. The fraction of sp³-hybridized carbons (Fsp3) is 0.400. The van der Waals surface area contributed by atoms with E-state index in [2.05, 4.69) is 25.9 Å². The molecular weight excluding hydrogens is 260 g/mol. The Hall–Kier alpha value is -0.940. The first-order valence-electron chi connectivity index (χ1n) is 4.67. The second-order valence-corrected chi connectivity index (χ2v) is 3.91. The standard InChI is InChI=1S/C10H13BrN2O2/c1-2-7(14)5-12-6-8-9(15)3-4-10(11)13-8/h3-4,6-7,14-15H,2,5H2,1H3/b12-6+. The molecule has 1 aromatic heterocycles. The van der Waals surface area contributed by atoms with Crippen LogP contribution in [-0.2, 0) is 0 Å². The minimum Gasteiger partial charge on any atom is -0.506 e. The third-order valence-electron chi connectivity index (χ3n) is 1.87. The molecule has 0 saturated heterocycles. The van der Waals surface area contributed by atoms with Crippen molar-refractivity contribution in [2.45, 2.75) is 19.4 Å². The van der Waals surface area contributed by atoms with E-state index in [9.17, 15) is 10.2 Å². The van der Waals surface area contributed by atoms with Gasteiger partial charge in [-0.3, -0.25) is 4.99 Å². The van der Waals surface area contributed by atoms with E-state index in [0.29, 0.717) is 23.3 Å². The first-order valence-corrected chi connectivity index (χ1v) is 5.46. The van der Waals surface area contributed by atoms with Gasteiger partial charge in [0, 0.05) is 0 Å². The summed E-state index contributed by atoms with van der Waals surface area (Å²) < 4.78 is 0.637. The average molecular weight is 273 g/mol. The van der Waals surface area contributed by atoms with Crippen molar-refractivity contribution in [1.29, 1.82) is 0 Å². The number of aliphatic hydroxyl groups excluding tert-OH is 1. The van der Waals surface area contributed by atoms with E-state index in [1.165, 1.54) is 12.3 Å². The molecule has 0 amide bonds. The third kappa shape index (κ3) is 3.97. The van der Waals surface area contributed by atoms with Gasteiger partial charge in [0.15, 0.2) is 0 Å². The van der Waals surface area contributed by atoms with E-state index in [1.54, 1.807) is 6.07 Å². The van der Waals surface area contributed by atoms with Gasteiger partial charge in [0.05, 0.1) is 18.9 Å². The van der Waals surface area contributed by atoms with Gasteiger partial charge in [-0.25, -0.2) is 4.98 Å². The Labute approximate surface area is 96.8 Å². The summed E-state index contributed by atoms with van der Waals surface area (Å²) in [5.74, 6) is 0.0768. The zero-order valence-corrected chi connectivity index (χ0v) is 9.98. The summed E-state index contributed by atoms with van der Waals surface area (Å²) in [6.07, 6.45) is 1.68. The van der Waals surface area contributed by atoms with Crippen molar-refractivity contribution in [3.63, 3.8) is 0 Å². The normalized spacial score (nSPS) is 13.3. The maximum Gasteiger partial charge on any atom is 0.142 e. The number of aliphatic hydroxyl groups is 1. The van der Waals surface area contributed by atoms with E-state index >= 15 is 0 Å². The molecule has 1 heterocycles. The Morgan fingerprint density at radius 2 is 2.33 bits per heavy atom. The molecule has 82 valence electrons. The molecule has 0 aliphatic heterocycles. The molecule has 1 atom stereocenters. The van der Waals surface area contributed by atoms with Crippen LogP contribution in [0.4, 0.5) is 0 Å². The minimum absolute atomic E-state index is 0.0768. The lowest BCUT2D eigenvalue weighted by atomic mass is 10.3. The summed E-state index contributed by atoms with van der Waals surface area (Å²) >= 11 is 3.20. The van der Waals surface area contributed by atoms with Crippen LogP contribution in [0.1, 0.15) is 19.0 Å². The molecule has 4 nitrogen and oxygen atoms in total. The van der Waals surface area contributed by atoms with Crippen molar-refractivity contribution in [3.8, 4) is 5.75 Å². The summed E-state index contributed by atoms with van der Waals surface area (Å²) in [7, 11) is 0. The fourth-order valence-corrected chi connectivity index (χ4v) is 1.25. The number of hydrogen-bond acceptors (Lipinski definition) is 4. The maximum atomic E-state index is 9.42. The van der Waals surface area contributed by atoms with Gasteiger partial charge in [-0.05, 0) is 34.5 Å². The molecule has 1 unspecified atom stereocenters. The van der Waals surface area contributed by atoms with Crippen LogP contribution < -0.4 is 0 Å². The lowest BCUT2D eigenvalue weighted by Crippen LogP contribution is -2.08. The summed E-state index contributed by atoms with van der Waals surface area (Å²) in [5, 5.41) is 18.7. The first-order chi connectivity index (χ1) is 7.13. The second kappa shape index (κ2) is 5.82. The molecule has 1 aromatic rings. The molecular formula is C10H13BrN2O2. The molecule has 1 rings (SSSR count). The van der Waals surface area contributed by atoms with Crippen molar-refractivity contribution in [2.24, 2.45) is 4.99 Å². The summed E-state index contributed by atoms with van der Waals surface area (Å²) in [6, 6.07) is 3.18. The molecule has 5 heteroatoms. The average Bonchev–Trinajstić information content (AvgIpc) is 2.23. The topological polar surface area (TPSA) is 65.7 Å². The van der Waals surface area contributed by atoms with Crippen molar-refractivity contribution in [1.82, 2.24) is 4.98 Å². The minimum atomic E-state index is -0.435. The molecule has 0 spiro atoms. The van der Waals surface area contributed by atoms with Crippen LogP contribution in [-0.4, -0.2) is 34.1 Å². The van der Waals surface area contributed by atoms with E-state index in [-0.39, 0.29) is 5.75 Å². The molecule has 0 fully saturated rings. The second-order valence-electron chi connectivity index (χ2n) is 3.09. The van der Waals surface area contributed by atoms with Crippen LogP contribution in [0, 0.1) is 0 Å². The van der Waals surface area contributed by atoms with Crippen LogP contribution in [0.15, 0.2) is 21.7 Å². The van der Waals surface area contributed by atoms with Gasteiger partial charge in [-0.2, -0.15) is 0 Å². The van der Waals surface area contributed by atoms with Gasteiger partial charge in [-0.1, -0.05) is 6.92 Å². The number of rotatable bonds is 4. The van der Waals surface area contributed by atoms with Gasteiger partial charge in [0.1, 0.15) is 16.0 Å².